The van der Waals surface area contributed by atoms with Crippen LogP contribution in [0.4, 0.5) is 0 Å². The van der Waals surface area contributed by atoms with E-state index in [2.05, 4.69) is 45.9 Å². The number of aliphatic hydroxyl groups is 1. The van der Waals surface area contributed by atoms with Crippen molar-refractivity contribution in [2.75, 3.05) is 0 Å². The quantitative estimate of drug-likeness (QED) is 0.906. The lowest BCUT2D eigenvalue weighted by Crippen LogP contribution is -2.41. The second-order valence-corrected chi connectivity index (χ2v) is 9.70. The second-order valence-electron chi connectivity index (χ2n) is 7.71. The van der Waals surface area contributed by atoms with E-state index in [0.717, 1.165) is 18.4 Å². The van der Waals surface area contributed by atoms with Crippen LogP contribution in [0.25, 0.3) is 0 Å². The monoisotopic (exact) mass is 320 g/mol. The molecule has 2 heterocycles. The molecular formula is C19H28O2S. The summed E-state index contributed by atoms with van der Waals surface area (Å²) in [4.78, 5) is 0. The molecule has 2 aliphatic rings. The molecule has 0 aliphatic carbocycles. The highest BCUT2D eigenvalue weighted by molar-refractivity contribution is 7.86. The van der Waals surface area contributed by atoms with Gasteiger partial charge < -0.3 is 5.11 Å². The van der Waals surface area contributed by atoms with Crippen molar-refractivity contribution < 1.29 is 9.32 Å². The lowest BCUT2D eigenvalue weighted by Gasteiger charge is -2.40. The van der Waals surface area contributed by atoms with E-state index in [-0.39, 0.29) is 10.5 Å². The molecule has 22 heavy (non-hydrogen) atoms. The molecule has 2 saturated heterocycles. The smallest absolute Gasteiger partial charge is 0.0925 e. The Kier molecular flexibility index (Phi) is 4.24. The zero-order chi connectivity index (χ0) is 16.1. The fraction of sp³-hybridized carbons (Fsp3) is 0.684. The van der Waals surface area contributed by atoms with Crippen LogP contribution in [0, 0.1) is 0 Å². The highest BCUT2D eigenvalue weighted by atomic mass is 32.2. The van der Waals surface area contributed by atoms with Gasteiger partial charge in [0.25, 0.3) is 0 Å². The van der Waals surface area contributed by atoms with Gasteiger partial charge in [0.2, 0.25) is 0 Å². The van der Waals surface area contributed by atoms with Crippen LogP contribution in [-0.4, -0.2) is 19.8 Å². The Labute approximate surface area is 136 Å². The zero-order valence-corrected chi connectivity index (χ0v) is 15.0. The van der Waals surface area contributed by atoms with Gasteiger partial charge in [-0.2, -0.15) is 0 Å². The molecule has 2 unspecified atom stereocenters. The molecule has 0 spiro atoms. The Balaban J connectivity index is 2.12. The van der Waals surface area contributed by atoms with Crippen LogP contribution >= 0.6 is 0 Å². The summed E-state index contributed by atoms with van der Waals surface area (Å²) >= 11 is 0. The molecule has 0 saturated carbocycles. The van der Waals surface area contributed by atoms with Gasteiger partial charge in [0.15, 0.2) is 0 Å². The topological polar surface area (TPSA) is 37.3 Å². The summed E-state index contributed by atoms with van der Waals surface area (Å²) in [5.74, 6) is 0.783. The maximum absolute atomic E-state index is 12.3. The minimum Gasteiger partial charge on any atom is -0.385 e. The summed E-state index contributed by atoms with van der Waals surface area (Å²) in [6.45, 7) is 8.79. The lowest BCUT2D eigenvalue weighted by molar-refractivity contribution is 0.0163. The Morgan fingerprint density at radius 2 is 1.50 bits per heavy atom. The first-order chi connectivity index (χ1) is 10.3. The van der Waals surface area contributed by atoms with E-state index in [1.54, 1.807) is 0 Å². The minimum absolute atomic E-state index is 0.184. The van der Waals surface area contributed by atoms with Crippen LogP contribution < -0.4 is 0 Å². The van der Waals surface area contributed by atoms with Crippen molar-refractivity contribution in [2.24, 2.45) is 0 Å². The molecule has 3 rings (SSSR count). The van der Waals surface area contributed by atoms with Gasteiger partial charge in [-0.1, -0.05) is 45.9 Å². The molecule has 2 bridgehead atoms. The van der Waals surface area contributed by atoms with Crippen molar-refractivity contribution in [3.05, 3.63) is 34.9 Å². The standard InChI is InChI=1S/C19H28O2S/c1-12(2)16-6-5-7-17(13(3)4)18(16)19(20)10-14-8-9-15(11-19)22(14)21/h5-7,12-15,20H,8-11H2,1-4H3. The molecule has 0 aromatic heterocycles. The van der Waals surface area contributed by atoms with Crippen LogP contribution in [0.15, 0.2) is 18.2 Å². The summed E-state index contributed by atoms with van der Waals surface area (Å²) in [5, 5.41) is 11.9. The molecule has 2 fully saturated rings. The fourth-order valence-electron chi connectivity index (χ4n) is 4.37. The summed E-state index contributed by atoms with van der Waals surface area (Å²) in [7, 11) is -0.734. The van der Waals surface area contributed by atoms with Gasteiger partial charge in [0, 0.05) is 21.3 Å². The van der Waals surface area contributed by atoms with E-state index < -0.39 is 16.4 Å². The minimum atomic E-state index is -0.791. The molecule has 1 N–H and O–H groups in total. The van der Waals surface area contributed by atoms with Crippen LogP contribution in [0.3, 0.4) is 0 Å². The van der Waals surface area contributed by atoms with Crippen molar-refractivity contribution in [3.8, 4) is 0 Å². The lowest BCUT2D eigenvalue weighted by atomic mass is 9.76. The number of benzene rings is 1. The van der Waals surface area contributed by atoms with Gasteiger partial charge in [-0.15, -0.1) is 0 Å². The van der Waals surface area contributed by atoms with Crippen LogP contribution in [0.2, 0.25) is 0 Å². The Morgan fingerprint density at radius 1 is 1.05 bits per heavy atom. The van der Waals surface area contributed by atoms with Crippen molar-refractivity contribution in [1.82, 2.24) is 0 Å². The molecule has 0 radical (unpaired) electrons. The third-order valence-corrected chi connectivity index (χ3v) is 7.56. The average Bonchev–Trinajstić information content (AvgIpc) is 2.70. The summed E-state index contributed by atoms with van der Waals surface area (Å²) in [6, 6.07) is 6.45. The van der Waals surface area contributed by atoms with Gasteiger partial charge in [0.1, 0.15) is 0 Å². The van der Waals surface area contributed by atoms with Gasteiger partial charge >= 0.3 is 0 Å². The van der Waals surface area contributed by atoms with Crippen molar-refractivity contribution in [1.29, 1.82) is 0 Å². The SMILES string of the molecule is CC(C)c1cccc(C(C)C)c1C1(O)CC2CCC(C1)S2=O. The molecule has 2 atom stereocenters. The van der Waals surface area contributed by atoms with E-state index in [9.17, 15) is 9.32 Å². The van der Waals surface area contributed by atoms with Gasteiger partial charge in [-0.3, -0.25) is 4.21 Å². The molecule has 2 nitrogen and oxygen atoms in total. The number of hydrogen-bond donors (Lipinski definition) is 1. The second kappa shape index (κ2) is 5.76. The van der Waals surface area contributed by atoms with E-state index >= 15 is 0 Å². The first-order valence-electron chi connectivity index (χ1n) is 8.58. The van der Waals surface area contributed by atoms with Crippen LogP contribution in [0.5, 0.6) is 0 Å². The fourth-order valence-corrected chi connectivity index (χ4v) is 6.53. The van der Waals surface area contributed by atoms with Gasteiger partial charge in [0.05, 0.1) is 5.60 Å². The van der Waals surface area contributed by atoms with Gasteiger partial charge in [-0.05, 0) is 54.2 Å². The molecule has 1 aromatic carbocycles. The Bertz CT molecular complexity index is 549. The normalized spacial score (nSPS) is 34.6. The van der Waals surface area contributed by atoms with E-state index in [0.29, 0.717) is 24.7 Å². The van der Waals surface area contributed by atoms with Crippen molar-refractivity contribution in [3.63, 3.8) is 0 Å². The summed E-state index contributed by atoms with van der Waals surface area (Å²) in [5.41, 5.74) is 2.88. The maximum Gasteiger partial charge on any atom is 0.0925 e. The average molecular weight is 320 g/mol. The third-order valence-electron chi connectivity index (χ3n) is 5.44. The predicted octanol–water partition coefficient (Wildman–Crippen LogP) is 4.19. The van der Waals surface area contributed by atoms with E-state index in [1.807, 2.05) is 0 Å². The maximum atomic E-state index is 12.3. The first-order valence-corrected chi connectivity index (χ1v) is 9.86. The molecule has 0 amide bonds. The van der Waals surface area contributed by atoms with Crippen molar-refractivity contribution in [2.45, 2.75) is 81.3 Å². The number of hydrogen-bond acceptors (Lipinski definition) is 2. The van der Waals surface area contributed by atoms with Crippen molar-refractivity contribution >= 4 is 10.8 Å². The van der Waals surface area contributed by atoms with E-state index in [1.165, 1.54) is 11.1 Å². The molecule has 1 aromatic rings. The number of fused-ring (bicyclic) bond motifs is 2. The number of rotatable bonds is 3. The summed E-state index contributed by atoms with van der Waals surface area (Å²) in [6.07, 6.45) is 3.36. The first kappa shape index (κ1) is 16.2. The largest absolute Gasteiger partial charge is 0.385 e. The van der Waals surface area contributed by atoms with Crippen LogP contribution in [0.1, 0.15) is 81.9 Å². The zero-order valence-electron chi connectivity index (χ0n) is 14.1. The Hall–Kier alpha value is -0.670. The molecule has 3 heteroatoms. The molecule has 2 aliphatic heterocycles. The summed E-state index contributed by atoms with van der Waals surface area (Å²) < 4.78 is 12.3. The van der Waals surface area contributed by atoms with Crippen LogP contribution in [-0.2, 0) is 16.4 Å². The predicted molar refractivity (Wildman–Crippen MR) is 92.7 cm³/mol. The van der Waals surface area contributed by atoms with E-state index in [4.69, 9.17) is 0 Å². The van der Waals surface area contributed by atoms with Gasteiger partial charge in [-0.25, -0.2) is 0 Å². The highest BCUT2D eigenvalue weighted by Crippen LogP contribution is 2.49. The molecular weight excluding hydrogens is 292 g/mol. The third kappa shape index (κ3) is 2.56. The molecule has 122 valence electrons. The highest BCUT2D eigenvalue weighted by Gasteiger charge is 2.49. The Morgan fingerprint density at radius 3 is 1.91 bits per heavy atom.